The lowest BCUT2D eigenvalue weighted by Gasteiger charge is -1.97. The van der Waals surface area contributed by atoms with Crippen molar-refractivity contribution in [3.63, 3.8) is 0 Å². The molecule has 0 aromatic heterocycles. The van der Waals surface area contributed by atoms with Crippen LogP contribution < -0.4 is 0 Å². The molecule has 0 unspecified atom stereocenters. The second-order valence-electron chi connectivity index (χ2n) is 3.99. The molecule has 0 bridgehead atoms. The van der Waals surface area contributed by atoms with Gasteiger partial charge in [0.15, 0.2) is 5.78 Å². The minimum Gasteiger partial charge on any atom is -0.478 e. The number of carbonyl (C=O) groups excluding carboxylic acids is 1. The van der Waals surface area contributed by atoms with Crippen molar-refractivity contribution in [1.82, 2.24) is 0 Å². The number of aromatic carboxylic acids is 1. The normalized spacial score (nSPS) is 10.5. The fourth-order valence-corrected chi connectivity index (χ4v) is 1.65. The second kappa shape index (κ2) is 5.78. The van der Waals surface area contributed by atoms with Crippen molar-refractivity contribution in [2.45, 2.75) is 0 Å². The molecule has 0 amide bonds. The summed E-state index contributed by atoms with van der Waals surface area (Å²) in [4.78, 5) is 22.7. The van der Waals surface area contributed by atoms with Crippen LogP contribution in [0.3, 0.4) is 0 Å². The second-order valence-corrected chi connectivity index (χ2v) is 3.99. The first-order chi connectivity index (χ1) is 9.16. The fourth-order valence-electron chi connectivity index (χ4n) is 1.65. The van der Waals surface area contributed by atoms with Crippen LogP contribution in [0.4, 0.5) is 0 Å². The highest BCUT2D eigenvalue weighted by atomic mass is 16.4. The van der Waals surface area contributed by atoms with E-state index >= 15 is 0 Å². The predicted molar refractivity (Wildman–Crippen MR) is 73.2 cm³/mol. The van der Waals surface area contributed by atoms with Crippen molar-refractivity contribution in [2.24, 2.45) is 0 Å². The average molecular weight is 252 g/mol. The summed E-state index contributed by atoms with van der Waals surface area (Å²) in [6.45, 7) is 0. The molecule has 0 saturated heterocycles. The minimum atomic E-state index is -0.982. The topological polar surface area (TPSA) is 54.4 Å². The largest absolute Gasteiger partial charge is 0.478 e. The van der Waals surface area contributed by atoms with E-state index in [0.717, 1.165) is 0 Å². The van der Waals surface area contributed by atoms with Crippen LogP contribution >= 0.6 is 0 Å². The van der Waals surface area contributed by atoms with E-state index in [4.69, 9.17) is 5.11 Å². The van der Waals surface area contributed by atoms with Crippen molar-refractivity contribution < 1.29 is 14.7 Å². The van der Waals surface area contributed by atoms with Gasteiger partial charge in [-0.1, -0.05) is 48.5 Å². The summed E-state index contributed by atoms with van der Waals surface area (Å²) < 4.78 is 0. The number of carbonyl (C=O) groups is 2. The zero-order valence-corrected chi connectivity index (χ0v) is 10.1. The van der Waals surface area contributed by atoms with E-state index in [2.05, 4.69) is 0 Å². The number of ketones is 1. The van der Waals surface area contributed by atoms with Crippen molar-refractivity contribution in [1.29, 1.82) is 0 Å². The molecule has 3 nitrogen and oxygen atoms in total. The molecular formula is C16H12O3. The number of carboxylic acids is 1. The number of rotatable bonds is 4. The van der Waals surface area contributed by atoms with Gasteiger partial charge in [-0.3, -0.25) is 4.79 Å². The van der Waals surface area contributed by atoms with Gasteiger partial charge in [0.05, 0.1) is 5.56 Å². The number of benzene rings is 2. The van der Waals surface area contributed by atoms with Crippen LogP contribution in [-0.2, 0) is 0 Å². The standard InChI is InChI=1S/C16H12O3/c17-15(13-6-2-1-3-7-13)10-9-12-5-4-8-14(11-12)16(18)19/h1-11H,(H,18,19). The molecule has 0 aliphatic rings. The summed E-state index contributed by atoms with van der Waals surface area (Å²) in [5.41, 5.74) is 1.49. The van der Waals surface area contributed by atoms with Gasteiger partial charge in [-0.05, 0) is 23.8 Å². The number of allylic oxidation sites excluding steroid dienone is 1. The minimum absolute atomic E-state index is 0.110. The van der Waals surface area contributed by atoms with Crippen molar-refractivity contribution in [3.8, 4) is 0 Å². The molecule has 1 N–H and O–H groups in total. The van der Waals surface area contributed by atoms with E-state index in [-0.39, 0.29) is 11.3 Å². The van der Waals surface area contributed by atoms with Crippen LogP contribution in [0.2, 0.25) is 0 Å². The Balaban J connectivity index is 2.17. The Morgan fingerprint density at radius 3 is 2.26 bits per heavy atom. The smallest absolute Gasteiger partial charge is 0.335 e. The Hall–Kier alpha value is -2.68. The highest BCUT2D eigenvalue weighted by molar-refractivity contribution is 6.06. The Morgan fingerprint density at radius 2 is 1.58 bits per heavy atom. The first-order valence-corrected chi connectivity index (χ1v) is 5.77. The highest BCUT2D eigenvalue weighted by Gasteiger charge is 2.02. The van der Waals surface area contributed by atoms with Crippen LogP contribution in [0.1, 0.15) is 26.3 Å². The SMILES string of the molecule is O=C(O)c1cccc(C=CC(=O)c2ccccc2)c1. The van der Waals surface area contributed by atoms with Crippen molar-refractivity contribution in [3.05, 3.63) is 77.4 Å². The molecular weight excluding hydrogens is 240 g/mol. The maximum atomic E-state index is 11.8. The Morgan fingerprint density at radius 1 is 0.895 bits per heavy atom. The van der Waals surface area contributed by atoms with Gasteiger partial charge in [0.25, 0.3) is 0 Å². The van der Waals surface area contributed by atoms with E-state index < -0.39 is 5.97 Å². The molecule has 0 atom stereocenters. The Kier molecular flexibility index (Phi) is 3.88. The van der Waals surface area contributed by atoms with Crippen LogP contribution in [0, 0.1) is 0 Å². The molecule has 0 spiro atoms. The monoisotopic (exact) mass is 252 g/mol. The van der Waals surface area contributed by atoms with Gasteiger partial charge in [-0.15, -0.1) is 0 Å². The van der Waals surface area contributed by atoms with Gasteiger partial charge in [-0.25, -0.2) is 4.79 Å². The predicted octanol–water partition coefficient (Wildman–Crippen LogP) is 3.28. The molecule has 0 aliphatic heterocycles. The lowest BCUT2D eigenvalue weighted by atomic mass is 10.1. The fraction of sp³-hybridized carbons (Fsp3) is 0. The number of hydrogen-bond donors (Lipinski definition) is 1. The first kappa shape index (κ1) is 12.8. The molecule has 19 heavy (non-hydrogen) atoms. The van der Waals surface area contributed by atoms with E-state index in [9.17, 15) is 9.59 Å². The van der Waals surface area contributed by atoms with Gasteiger partial charge < -0.3 is 5.11 Å². The Bertz CT molecular complexity index is 627. The molecule has 2 rings (SSSR count). The van der Waals surface area contributed by atoms with Gasteiger partial charge >= 0.3 is 5.97 Å². The van der Waals surface area contributed by atoms with Gasteiger partial charge in [0.2, 0.25) is 0 Å². The third-order valence-corrected chi connectivity index (χ3v) is 2.62. The van der Waals surface area contributed by atoms with Gasteiger partial charge in [-0.2, -0.15) is 0 Å². The van der Waals surface area contributed by atoms with Crippen LogP contribution in [0.25, 0.3) is 6.08 Å². The summed E-state index contributed by atoms with van der Waals surface area (Å²) in [7, 11) is 0. The Labute approximate surface area is 110 Å². The zero-order valence-electron chi connectivity index (χ0n) is 10.1. The number of hydrogen-bond acceptors (Lipinski definition) is 2. The molecule has 2 aromatic rings. The molecule has 3 heteroatoms. The maximum absolute atomic E-state index is 11.8. The van der Waals surface area contributed by atoms with Crippen LogP contribution in [0.5, 0.6) is 0 Å². The molecule has 94 valence electrons. The number of carboxylic acid groups (broad SMARTS) is 1. The van der Waals surface area contributed by atoms with Crippen molar-refractivity contribution >= 4 is 17.8 Å². The van der Waals surface area contributed by atoms with E-state index in [1.165, 1.54) is 18.2 Å². The third-order valence-electron chi connectivity index (χ3n) is 2.62. The maximum Gasteiger partial charge on any atom is 0.335 e. The summed E-state index contributed by atoms with van der Waals surface area (Å²) in [6, 6.07) is 15.4. The van der Waals surface area contributed by atoms with E-state index in [0.29, 0.717) is 11.1 Å². The summed E-state index contributed by atoms with van der Waals surface area (Å²) in [6.07, 6.45) is 3.05. The van der Waals surface area contributed by atoms with Gasteiger partial charge in [0.1, 0.15) is 0 Å². The van der Waals surface area contributed by atoms with Crippen LogP contribution in [0.15, 0.2) is 60.7 Å². The highest BCUT2D eigenvalue weighted by Crippen LogP contribution is 2.09. The molecule has 0 heterocycles. The molecule has 0 aliphatic carbocycles. The average Bonchev–Trinajstić information content (AvgIpc) is 2.46. The molecule has 0 radical (unpaired) electrons. The molecule has 2 aromatic carbocycles. The quantitative estimate of drug-likeness (QED) is 0.671. The van der Waals surface area contributed by atoms with Gasteiger partial charge in [0, 0.05) is 5.56 Å². The summed E-state index contributed by atoms with van der Waals surface area (Å²) >= 11 is 0. The van der Waals surface area contributed by atoms with E-state index in [1.54, 1.807) is 42.5 Å². The van der Waals surface area contributed by atoms with Crippen LogP contribution in [-0.4, -0.2) is 16.9 Å². The lowest BCUT2D eigenvalue weighted by Crippen LogP contribution is -1.96. The summed E-state index contributed by atoms with van der Waals surface area (Å²) in [5.74, 6) is -1.09. The molecule has 0 saturated carbocycles. The van der Waals surface area contributed by atoms with E-state index in [1.807, 2.05) is 6.07 Å². The first-order valence-electron chi connectivity index (χ1n) is 5.77. The van der Waals surface area contributed by atoms with Crippen molar-refractivity contribution in [2.75, 3.05) is 0 Å². The summed E-state index contributed by atoms with van der Waals surface area (Å²) in [5, 5.41) is 8.87. The molecule has 0 fully saturated rings. The lowest BCUT2D eigenvalue weighted by molar-refractivity contribution is 0.0696. The zero-order chi connectivity index (χ0) is 13.7. The third kappa shape index (κ3) is 3.39.